The zero-order valence-electron chi connectivity index (χ0n) is 31.3. The highest BCUT2D eigenvalue weighted by atomic mass is 32.2. The van der Waals surface area contributed by atoms with Crippen molar-refractivity contribution in [3.63, 3.8) is 0 Å². The number of allylic oxidation sites excluding steroid dienone is 1. The number of anilines is 2. The summed E-state index contributed by atoms with van der Waals surface area (Å²) in [5.41, 5.74) is 3.45. The second-order valence-electron chi connectivity index (χ2n) is 14.8. The van der Waals surface area contributed by atoms with Crippen LogP contribution >= 0.6 is 47.1 Å². The van der Waals surface area contributed by atoms with Crippen LogP contribution in [0.5, 0.6) is 0 Å². The minimum atomic E-state index is -1.17. The number of thioether (sulfide) groups is 2. The van der Waals surface area contributed by atoms with Gasteiger partial charge in [0.1, 0.15) is 20.4 Å². The maximum Gasteiger partial charge on any atom is 0.323 e. The van der Waals surface area contributed by atoms with Gasteiger partial charge >= 0.3 is 11.9 Å². The van der Waals surface area contributed by atoms with Crippen LogP contribution in [-0.4, -0.2) is 59.2 Å². The standard InChI is InChI=1S/C41H47N3O6S4/c1-6-21-42-36(48)34(53-39(42)51)37-43(23-33(45)46)35(47)32(52-37)14-9-11-25-15-20-31-29(22-25)28-12-10-13-30(28)44(31)26-16-18-27(19-17-26)54-41(5,8-3)24-40(4,7-2)38(49)50/h9,11,14-20,22,28,30H,6-8,10,12-13,21,23-24H2,1-5H3,(H,45,46)(H,49,50)/b11-9?,32-14?,37-34+. The molecule has 2 aliphatic heterocycles. The van der Waals surface area contributed by atoms with Gasteiger partial charge in [0.05, 0.1) is 9.95 Å². The number of amides is 1. The number of carboxylic acids is 2. The third-order valence-corrected chi connectivity index (χ3v) is 15.2. The van der Waals surface area contributed by atoms with E-state index in [4.69, 9.17) is 12.2 Å². The molecule has 54 heavy (non-hydrogen) atoms. The molecular formula is C41H47N3O6S4. The highest BCUT2D eigenvalue weighted by Crippen LogP contribution is 2.53. The van der Waals surface area contributed by atoms with E-state index in [0.717, 1.165) is 75.9 Å². The maximum atomic E-state index is 13.4. The van der Waals surface area contributed by atoms with E-state index in [1.807, 2.05) is 32.9 Å². The van der Waals surface area contributed by atoms with Gasteiger partial charge in [-0.2, -0.15) is 0 Å². The van der Waals surface area contributed by atoms with E-state index in [1.165, 1.54) is 16.2 Å². The van der Waals surface area contributed by atoms with E-state index < -0.39 is 29.5 Å². The number of aromatic nitrogens is 1. The van der Waals surface area contributed by atoms with Crippen LogP contribution in [0.2, 0.25) is 0 Å². The number of rotatable bonds is 14. The molecule has 3 aromatic rings. The number of carbonyl (C=O) groups excluding carboxylic acids is 1. The quantitative estimate of drug-likeness (QED) is 0.123. The number of thiocarbonyl (C=S) groups is 1. The van der Waals surface area contributed by atoms with Crippen LogP contribution in [0.4, 0.5) is 11.4 Å². The van der Waals surface area contributed by atoms with E-state index in [-0.39, 0.29) is 15.6 Å². The predicted octanol–water partition coefficient (Wildman–Crippen LogP) is 7.81. The molecule has 1 amide bonds. The first-order valence-corrected chi connectivity index (χ1v) is 21.4. The molecule has 286 valence electrons. The molecule has 1 saturated carbocycles. The molecule has 6 rings (SSSR count). The molecule has 13 heteroatoms. The Labute approximate surface area is 333 Å². The molecule has 2 N–H and O–H groups in total. The summed E-state index contributed by atoms with van der Waals surface area (Å²) in [6, 6.07) is 15.6. The molecule has 0 spiro atoms. The third-order valence-electron chi connectivity index (χ3n) is 11.0. The minimum absolute atomic E-state index is 0.208. The highest BCUT2D eigenvalue weighted by Gasteiger charge is 2.43. The summed E-state index contributed by atoms with van der Waals surface area (Å²) in [7, 11) is 0. The van der Waals surface area contributed by atoms with Gasteiger partial charge in [0.15, 0.2) is 0 Å². The van der Waals surface area contributed by atoms with Gasteiger partial charge in [0, 0.05) is 39.5 Å². The van der Waals surface area contributed by atoms with Crippen molar-refractivity contribution in [3.8, 4) is 0 Å². The molecule has 4 unspecified atom stereocenters. The average molecular weight is 806 g/mol. The number of aliphatic carboxylic acids is 2. The average Bonchev–Trinajstić information content (AvgIpc) is 3.88. The van der Waals surface area contributed by atoms with Crippen molar-refractivity contribution in [1.82, 2.24) is 9.47 Å². The van der Waals surface area contributed by atoms with E-state index in [1.54, 1.807) is 17.8 Å². The monoisotopic (exact) mass is 805 g/mol. The van der Waals surface area contributed by atoms with Crippen LogP contribution in [0, 0.1) is 5.41 Å². The minimum Gasteiger partial charge on any atom is -0.481 e. The lowest BCUT2D eigenvalue weighted by Crippen LogP contribution is -2.35. The third kappa shape index (κ3) is 7.87. The Balaban J connectivity index is 1.26. The molecule has 2 aromatic carbocycles. The fourth-order valence-electron chi connectivity index (χ4n) is 7.86. The summed E-state index contributed by atoms with van der Waals surface area (Å²) in [6.07, 6.45) is 11.6. The topological polar surface area (TPSA) is 120 Å². The first-order chi connectivity index (χ1) is 25.7. The summed E-state index contributed by atoms with van der Waals surface area (Å²) in [5.74, 6) is -1.79. The van der Waals surface area contributed by atoms with Gasteiger partial charge < -0.3 is 15.1 Å². The van der Waals surface area contributed by atoms with Crippen molar-refractivity contribution in [3.05, 3.63) is 79.2 Å². The zero-order chi connectivity index (χ0) is 38.9. The van der Waals surface area contributed by atoms with Crippen molar-refractivity contribution in [2.45, 2.75) is 108 Å². The number of thiazole rings is 1. The lowest BCUT2D eigenvalue weighted by atomic mass is 9.78. The predicted molar refractivity (Wildman–Crippen MR) is 225 cm³/mol. The molecule has 1 aromatic heterocycles. The fraction of sp³-hybridized carbons (Fsp3) is 0.439. The SMILES string of the molecule is CCCN1C(=O)/C(=c2\sc(=CC=Cc3ccc4c(c3)C3CCCC3N4c3ccc(SC(C)(CC)CC(C)(CC)C(=O)O)cc3)c(=O)n2CC(=O)O)SC1=S. The molecule has 2 fully saturated rings. The van der Waals surface area contributed by atoms with E-state index >= 15 is 0 Å². The molecule has 3 aliphatic rings. The van der Waals surface area contributed by atoms with Crippen LogP contribution in [0.15, 0.2) is 58.2 Å². The van der Waals surface area contributed by atoms with Crippen LogP contribution in [0.1, 0.15) is 96.6 Å². The second-order valence-corrected chi connectivity index (χ2v) is 19.2. The Hall–Kier alpha value is -3.65. The lowest BCUT2D eigenvalue weighted by molar-refractivity contribution is -0.149. The van der Waals surface area contributed by atoms with Crippen molar-refractivity contribution in [2.75, 3.05) is 11.4 Å². The van der Waals surface area contributed by atoms with Crippen LogP contribution in [0.3, 0.4) is 0 Å². The number of carboxylic acid groups (broad SMARTS) is 2. The summed E-state index contributed by atoms with van der Waals surface area (Å²) in [4.78, 5) is 55.8. The Morgan fingerprint density at radius 1 is 1.04 bits per heavy atom. The first-order valence-electron chi connectivity index (χ1n) is 18.6. The van der Waals surface area contributed by atoms with Crippen molar-refractivity contribution in [2.24, 2.45) is 5.41 Å². The Morgan fingerprint density at radius 3 is 2.43 bits per heavy atom. The molecule has 1 saturated heterocycles. The smallest absolute Gasteiger partial charge is 0.323 e. The number of benzene rings is 2. The highest BCUT2D eigenvalue weighted by molar-refractivity contribution is 8.30. The number of fused-ring (bicyclic) bond motifs is 3. The van der Waals surface area contributed by atoms with Gasteiger partial charge in [0.25, 0.3) is 11.5 Å². The second kappa shape index (κ2) is 16.2. The van der Waals surface area contributed by atoms with Crippen LogP contribution < -0.4 is 19.7 Å². The summed E-state index contributed by atoms with van der Waals surface area (Å²) in [6.45, 7) is 9.98. The van der Waals surface area contributed by atoms with E-state index in [2.05, 4.69) is 61.2 Å². The van der Waals surface area contributed by atoms with E-state index in [0.29, 0.717) is 44.9 Å². The molecule has 0 bridgehead atoms. The van der Waals surface area contributed by atoms with Gasteiger partial charge in [-0.05, 0) is 99.0 Å². The molecule has 4 atom stereocenters. The fourth-order valence-corrected chi connectivity index (χ4v) is 11.7. The normalized spacial score (nSPS) is 21.8. The summed E-state index contributed by atoms with van der Waals surface area (Å²) < 4.78 is 2.01. The van der Waals surface area contributed by atoms with Crippen LogP contribution in [-0.2, 0) is 20.9 Å². The Kier molecular flexibility index (Phi) is 12.0. The number of nitrogens with zero attached hydrogens (tertiary/aromatic N) is 3. The molecular weight excluding hydrogens is 759 g/mol. The molecule has 3 heterocycles. The maximum absolute atomic E-state index is 13.4. The van der Waals surface area contributed by atoms with E-state index in [9.17, 15) is 29.4 Å². The largest absolute Gasteiger partial charge is 0.481 e. The van der Waals surface area contributed by atoms with Crippen LogP contribution in [0.25, 0.3) is 17.1 Å². The van der Waals surface area contributed by atoms with Crippen molar-refractivity contribution < 1.29 is 24.6 Å². The molecule has 9 nitrogen and oxygen atoms in total. The van der Waals surface area contributed by atoms with Crippen molar-refractivity contribution >= 4 is 97.7 Å². The van der Waals surface area contributed by atoms with Gasteiger partial charge in [-0.1, -0.05) is 76.3 Å². The number of hydrogen-bond acceptors (Lipinski definition) is 9. The Bertz CT molecular complexity index is 2190. The first kappa shape index (κ1) is 40.0. The Morgan fingerprint density at radius 2 is 1.78 bits per heavy atom. The van der Waals surface area contributed by atoms with Gasteiger partial charge in [-0.3, -0.25) is 28.6 Å². The van der Waals surface area contributed by atoms with Gasteiger partial charge in [0.2, 0.25) is 0 Å². The number of hydrogen-bond donors (Lipinski definition) is 2. The molecule has 0 radical (unpaired) electrons. The number of carbonyl (C=O) groups is 3. The zero-order valence-corrected chi connectivity index (χ0v) is 34.6. The summed E-state index contributed by atoms with van der Waals surface area (Å²) in [5, 5.41) is 19.5. The summed E-state index contributed by atoms with van der Waals surface area (Å²) >= 11 is 9.40. The lowest BCUT2D eigenvalue weighted by Gasteiger charge is -2.36. The van der Waals surface area contributed by atoms with Gasteiger partial charge in [-0.25, -0.2) is 0 Å². The molecule has 1 aliphatic carbocycles. The van der Waals surface area contributed by atoms with Crippen molar-refractivity contribution in [1.29, 1.82) is 0 Å². The van der Waals surface area contributed by atoms with Gasteiger partial charge in [-0.15, -0.1) is 23.1 Å².